The largest absolute Gasteiger partial charge is 0.465 e. The number of ether oxygens (including phenoxy) is 1. The highest BCUT2D eigenvalue weighted by Gasteiger charge is 2.22. The molecule has 0 radical (unpaired) electrons. The van der Waals surface area contributed by atoms with Gasteiger partial charge in [0, 0.05) is 14.1 Å². The third-order valence-electron chi connectivity index (χ3n) is 3.93. The first kappa shape index (κ1) is 20.6. The number of carbonyl (C=O) groups is 2. The number of carboxylic acid groups (broad SMARTS) is 1. The molecule has 2 amide bonds. The molecule has 0 aliphatic carbocycles. The molecule has 0 bridgehead atoms. The van der Waals surface area contributed by atoms with Crippen LogP contribution >= 0.6 is 0 Å². The number of nitrogen functional groups attached to an aromatic ring is 1. The zero-order valence-corrected chi connectivity index (χ0v) is 16.3. The number of carbonyl (C=O) groups excluding carboxylic acids is 1. The van der Waals surface area contributed by atoms with Crippen LogP contribution in [-0.2, 0) is 11.3 Å². The fourth-order valence-corrected chi connectivity index (χ4v) is 2.61. The summed E-state index contributed by atoms with van der Waals surface area (Å²) in [6, 6.07) is 8.98. The van der Waals surface area contributed by atoms with Gasteiger partial charge in [-0.15, -0.1) is 0 Å². The summed E-state index contributed by atoms with van der Waals surface area (Å²) in [7, 11) is 3.13. The molecule has 0 saturated carbocycles. The van der Waals surface area contributed by atoms with E-state index in [4.69, 9.17) is 14.9 Å². The average molecular weight is 412 g/mol. The van der Waals surface area contributed by atoms with Gasteiger partial charge in [-0.3, -0.25) is 4.98 Å². The van der Waals surface area contributed by atoms with Crippen LogP contribution in [0.4, 0.5) is 15.5 Å². The minimum absolute atomic E-state index is 0.0489. The molecule has 30 heavy (non-hydrogen) atoms. The van der Waals surface area contributed by atoms with E-state index in [9.17, 15) is 14.7 Å². The fraction of sp³-hybridized carbons (Fsp3) is 0.211. The molecule has 11 heteroatoms. The normalized spacial score (nSPS) is 11.5. The van der Waals surface area contributed by atoms with Crippen molar-refractivity contribution < 1.29 is 23.8 Å². The minimum atomic E-state index is -1.28. The van der Waals surface area contributed by atoms with Crippen LogP contribution in [-0.4, -0.2) is 51.2 Å². The molecule has 4 N–H and O–H groups in total. The van der Waals surface area contributed by atoms with E-state index in [2.05, 4.69) is 20.3 Å². The van der Waals surface area contributed by atoms with Crippen LogP contribution in [0.2, 0.25) is 0 Å². The van der Waals surface area contributed by atoms with Gasteiger partial charge in [-0.1, -0.05) is 6.07 Å². The second-order valence-corrected chi connectivity index (χ2v) is 6.40. The van der Waals surface area contributed by atoms with Crippen LogP contribution in [0.1, 0.15) is 23.1 Å². The molecule has 0 spiro atoms. The number of hydrogen-bond donors (Lipinski definition) is 3. The number of furan rings is 1. The van der Waals surface area contributed by atoms with Crippen LogP contribution < -0.4 is 11.1 Å². The Labute approximate surface area is 171 Å². The van der Waals surface area contributed by atoms with Crippen LogP contribution in [0.5, 0.6) is 0 Å². The van der Waals surface area contributed by atoms with E-state index in [0.717, 1.165) is 0 Å². The third-order valence-corrected chi connectivity index (χ3v) is 3.93. The maximum absolute atomic E-state index is 11.6. The SMILES string of the molecule is CN(C)C(=O)OCc1cccc(C(NC(=O)O)c2cc(-c3ccco3)nc(N)n2)n1. The van der Waals surface area contributed by atoms with E-state index >= 15 is 0 Å². The van der Waals surface area contributed by atoms with Crippen molar-refractivity contribution in [3.63, 3.8) is 0 Å². The van der Waals surface area contributed by atoms with Crippen molar-refractivity contribution in [3.05, 3.63) is 59.7 Å². The summed E-state index contributed by atoms with van der Waals surface area (Å²) in [5.74, 6) is 0.406. The number of anilines is 1. The first-order valence-corrected chi connectivity index (χ1v) is 8.81. The number of aromatic nitrogens is 3. The standard InChI is InChI=1S/C19H20N6O5/c1-25(2)19(28)30-10-11-5-3-6-12(21-11)16(24-18(26)27)14-9-13(22-17(20)23-14)15-7-4-8-29-15/h3-9,16,24H,10H2,1-2H3,(H,26,27)(H2,20,22,23). The number of nitrogens with two attached hydrogens (primary N) is 1. The summed E-state index contributed by atoms with van der Waals surface area (Å²) in [5.41, 5.74) is 7.30. The lowest BCUT2D eigenvalue weighted by Gasteiger charge is -2.18. The average Bonchev–Trinajstić information content (AvgIpc) is 3.24. The molecule has 0 saturated heterocycles. The van der Waals surface area contributed by atoms with Crippen LogP contribution in [0.15, 0.2) is 47.1 Å². The van der Waals surface area contributed by atoms with E-state index in [-0.39, 0.29) is 18.2 Å². The highest BCUT2D eigenvalue weighted by atomic mass is 16.6. The van der Waals surface area contributed by atoms with Crippen LogP contribution in [0, 0.1) is 0 Å². The molecule has 3 rings (SSSR count). The van der Waals surface area contributed by atoms with Gasteiger partial charge in [-0.25, -0.2) is 19.6 Å². The minimum Gasteiger partial charge on any atom is -0.465 e. The maximum Gasteiger partial charge on any atom is 0.409 e. The van der Waals surface area contributed by atoms with Crippen LogP contribution in [0.25, 0.3) is 11.5 Å². The lowest BCUT2D eigenvalue weighted by Crippen LogP contribution is -2.29. The highest BCUT2D eigenvalue weighted by molar-refractivity contribution is 5.67. The van der Waals surface area contributed by atoms with Gasteiger partial charge in [0.1, 0.15) is 18.3 Å². The van der Waals surface area contributed by atoms with E-state index in [1.54, 1.807) is 50.5 Å². The summed E-state index contributed by atoms with van der Waals surface area (Å²) < 4.78 is 10.5. The van der Waals surface area contributed by atoms with Gasteiger partial charge in [0.25, 0.3) is 0 Å². The number of nitrogens with one attached hydrogen (secondary N) is 1. The second-order valence-electron chi connectivity index (χ2n) is 6.40. The Morgan fingerprint density at radius 1 is 1.20 bits per heavy atom. The molecule has 3 heterocycles. The molecule has 156 valence electrons. The number of rotatable bonds is 6. The number of hydrogen-bond acceptors (Lipinski definition) is 8. The smallest absolute Gasteiger partial charge is 0.409 e. The van der Waals surface area contributed by atoms with Crippen molar-refractivity contribution >= 4 is 18.1 Å². The van der Waals surface area contributed by atoms with Crippen LogP contribution in [0.3, 0.4) is 0 Å². The second kappa shape index (κ2) is 8.90. The van der Waals surface area contributed by atoms with E-state index < -0.39 is 18.2 Å². The third kappa shape index (κ3) is 5.01. The molecule has 1 unspecified atom stereocenters. The van der Waals surface area contributed by atoms with E-state index in [0.29, 0.717) is 22.8 Å². The Morgan fingerprint density at radius 2 is 2.00 bits per heavy atom. The first-order chi connectivity index (χ1) is 14.3. The Bertz CT molecular complexity index is 1040. The molecule has 0 aliphatic rings. The molecule has 0 fully saturated rings. The Balaban J connectivity index is 1.95. The molecule has 0 aliphatic heterocycles. The molecular formula is C19H20N6O5. The summed E-state index contributed by atoms with van der Waals surface area (Å²) in [6.07, 6.45) is -0.308. The van der Waals surface area contributed by atoms with Gasteiger partial charge in [0.2, 0.25) is 5.95 Å². The van der Waals surface area contributed by atoms with Gasteiger partial charge in [0.05, 0.1) is 23.3 Å². The quantitative estimate of drug-likeness (QED) is 0.552. The summed E-state index contributed by atoms with van der Waals surface area (Å²) >= 11 is 0. The Morgan fingerprint density at radius 3 is 2.67 bits per heavy atom. The number of pyridine rings is 1. The zero-order chi connectivity index (χ0) is 21.7. The van der Waals surface area contributed by atoms with Gasteiger partial charge < -0.3 is 30.2 Å². The van der Waals surface area contributed by atoms with Gasteiger partial charge in [0.15, 0.2) is 5.76 Å². The molecule has 3 aromatic heterocycles. The van der Waals surface area contributed by atoms with Gasteiger partial charge >= 0.3 is 12.2 Å². The van der Waals surface area contributed by atoms with E-state index in [1.807, 2.05) is 0 Å². The molecule has 0 aromatic carbocycles. The number of amides is 2. The Kier molecular flexibility index (Phi) is 6.11. The first-order valence-electron chi connectivity index (χ1n) is 8.81. The van der Waals surface area contributed by atoms with Gasteiger partial charge in [-0.2, -0.15) is 0 Å². The summed E-state index contributed by atoms with van der Waals surface area (Å²) in [6.45, 7) is -0.0752. The Hall–Kier alpha value is -4.15. The summed E-state index contributed by atoms with van der Waals surface area (Å²) in [4.78, 5) is 37.1. The number of nitrogens with zero attached hydrogens (tertiary/aromatic N) is 4. The van der Waals surface area contributed by atoms with Crippen molar-refractivity contribution in [1.29, 1.82) is 0 Å². The predicted octanol–water partition coefficient (Wildman–Crippen LogP) is 2.27. The highest BCUT2D eigenvalue weighted by Crippen LogP contribution is 2.25. The van der Waals surface area contributed by atoms with Crippen molar-refractivity contribution in [2.75, 3.05) is 19.8 Å². The molecule has 3 aromatic rings. The topological polar surface area (TPSA) is 157 Å². The van der Waals surface area contributed by atoms with Crippen molar-refractivity contribution in [2.45, 2.75) is 12.6 Å². The van der Waals surface area contributed by atoms with Crippen molar-refractivity contribution in [2.24, 2.45) is 0 Å². The lowest BCUT2D eigenvalue weighted by atomic mass is 10.1. The fourth-order valence-electron chi connectivity index (χ4n) is 2.61. The van der Waals surface area contributed by atoms with Gasteiger partial charge in [-0.05, 0) is 30.3 Å². The van der Waals surface area contributed by atoms with E-state index in [1.165, 1.54) is 11.2 Å². The zero-order valence-electron chi connectivity index (χ0n) is 16.3. The molecule has 1 atom stereocenters. The van der Waals surface area contributed by atoms with Crippen molar-refractivity contribution in [1.82, 2.24) is 25.2 Å². The maximum atomic E-state index is 11.6. The molecular weight excluding hydrogens is 392 g/mol. The van der Waals surface area contributed by atoms with Crippen molar-refractivity contribution in [3.8, 4) is 11.5 Å². The monoisotopic (exact) mass is 412 g/mol. The lowest BCUT2D eigenvalue weighted by molar-refractivity contribution is 0.111. The predicted molar refractivity (Wildman–Crippen MR) is 105 cm³/mol. The molecule has 11 nitrogen and oxygen atoms in total. The summed E-state index contributed by atoms with van der Waals surface area (Å²) in [5, 5.41) is 11.7.